The second-order valence-corrected chi connectivity index (χ2v) is 4.99. The van der Waals surface area contributed by atoms with Gasteiger partial charge in [0.05, 0.1) is 6.61 Å². The van der Waals surface area contributed by atoms with Gasteiger partial charge in [-0.3, -0.25) is 0 Å². The fourth-order valence-electron chi connectivity index (χ4n) is 2.51. The molecule has 5 nitrogen and oxygen atoms in total. The minimum Gasteiger partial charge on any atom is -0.479 e. The minimum absolute atomic E-state index is 0.161. The smallest absolute Gasteiger partial charge is 0.347 e. The maximum Gasteiger partial charge on any atom is 0.347 e. The fraction of sp³-hybridized carbons (Fsp3) is 0.857. The van der Waals surface area contributed by atoms with Gasteiger partial charge >= 0.3 is 11.9 Å². The molecule has 0 aliphatic heterocycles. The van der Waals surface area contributed by atoms with E-state index in [0.29, 0.717) is 6.61 Å². The van der Waals surface area contributed by atoms with Crippen molar-refractivity contribution < 1.29 is 24.2 Å². The molecular weight excluding hydrogens is 248 g/mol. The van der Waals surface area contributed by atoms with Crippen LogP contribution in [0, 0.1) is 5.92 Å². The van der Waals surface area contributed by atoms with Gasteiger partial charge in [0.2, 0.25) is 0 Å². The third-order valence-corrected chi connectivity index (χ3v) is 3.49. The average molecular weight is 272 g/mol. The van der Waals surface area contributed by atoms with Crippen molar-refractivity contribution in [3.63, 3.8) is 0 Å². The molecule has 1 aliphatic carbocycles. The summed E-state index contributed by atoms with van der Waals surface area (Å²) in [5.74, 6) is -1.35. The van der Waals surface area contributed by atoms with Gasteiger partial charge in [-0.2, -0.15) is 0 Å². The molecule has 1 N–H and O–H groups in total. The molecule has 5 heteroatoms. The molecule has 0 bridgehead atoms. The van der Waals surface area contributed by atoms with Crippen molar-refractivity contribution >= 4 is 11.9 Å². The van der Waals surface area contributed by atoms with Gasteiger partial charge in [0.25, 0.3) is 6.10 Å². The number of carboxylic acid groups (broad SMARTS) is 1. The van der Waals surface area contributed by atoms with Crippen molar-refractivity contribution in [2.24, 2.45) is 5.92 Å². The molecule has 19 heavy (non-hydrogen) atoms. The van der Waals surface area contributed by atoms with Crippen molar-refractivity contribution in [2.75, 3.05) is 13.2 Å². The topological polar surface area (TPSA) is 72.8 Å². The lowest BCUT2D eigenvalue weighted by molar-refractivity contribution is -0.169. The predicted molar refractivity (Wildman–Crippen MR) is 69.8 cm³/mol. The lowest BCUT2D eigenvalue weighted by Crippen LogP contribution is -2.34. The summed E-state index contributed by atoms with van der Waals surface area (Å²) in [4.78, 5) is 22.2. The van der Waals surface area contributed by atoms with E-state index in [4.69, 9.17) is 9.84 Å². The van der Waals surface area contributed by atoms with Gasteiger partial charge in [-0.05, 0) is 25.7 Å². The number of carbonyl (C=O) groups is 2. The largest absolute Gasteiger partial charge is 0.479 e. The van der Waals surface area contributed by atoms with Crippen LogP contribution in [0.4, 0.5) is 0 Å². The number of hydrogen-bond donors (Lipinski definition) is 1. The van der Waals surface area contributed by atoms with Gasteiger partial charge in [-0.25, -0.2) is 9.59 Å². The van der Waals surface area contributed by atoms with Crippen molar-refractivity contribution in [2.45, 2.75) is 58.0 Å². The number of ether oxygens (including phenoxy) is 2. The normalized spacial score (nSPS) is 17.9. The number of aliphatic carboxylic acids is 1. The van der Waals surface area contributed by atoms with E-state index in [9.17, 15) is 9.59 Å². The summed E-state index contributed by atoms with van der Waals surface area (Å²) >= 11 is 0. The summed E-state index contributed by atoms with van der Waals surface area (Å²) in [6, 6.07) is 0. The zero-order valence-electron chi connectivity index (χ0n) is 11.6. The van der Waals surface area contributed by atoms with Crippen LogP contribution in [-0.2, 0) is 19.1 Å². The van der Waals surface area contributed by atoms with Gasteiger partial charge < -0.3 is 14.6 Å². The van der Waals surface area contributed by atoms with E-state index in [1.807, 2.05) is 0 Å². The number of rotatable bonds is 8. The summed E-state index contributed by atoms with van der Waals surface area (Å²) in [5.41, 5.74) is 0. The Hall–Kier alpha value is -1.10. The zero-order chi connectivity index (χ0) is 14.1. The summed E-state index contributed by atoms with van der Waals surface area (Å²) in [5, 5.41) is 8.89. The Balaban J connectivity index is 2.20. The Morgan fingerprint density at radius 3 is 2.53 bits per heavy atom. The van der Waals surface area contributed by atoms with Gasteiger partial charge in [-0.15, -0.1) is 0 Å². The van der Waals surface area contributed by atoms with Crippen LogP contribution in [0.25, 0.3) is 0 Å². The summed E-state index contributed by atoms with van der Waals surface area (Å²) in [6.45, 7) is 2.10. The SMILES string of the molecule is CCOC(=O)C(OCCCC1CCCCC1)C(=O)O. The molecule has 0 amide bonds. The minimum atomic E-state index is -1.48. The van der Waals surface area contributed by atoms with Crippen LogP contribution < -0.4 is 0 Å². The quantitative estimate of drug-likeness (QED) is 0.417. The fourth-order valence-corrected chi connectivity index (χ4v) is 2.51. The van der Waals surface area contributed by atoms with E-state index < -0.39 is 18.0 Å². The van der Waals surface area contributed by atoms with Crippen LogP contribution in [0.15, 0.2) is 0 Å². The summed E-state index contributed by atoms with van der Waals surface area (Å²) < 4.78 is 9.80. The Morgan fingerprint density at radius 1 is 1.26 bits per heavy atom. The Bertz CT molecular complexity index is 284. The molecule has 1 fully saturated rings. The van der Waals surface area contributed by atoms with Crippen LogP contribution in [0.2, 0.25) is 0 Å². The number of hydrogen-bond acceptors (Lipinski definition) is 4. The molecule has 1 unspecified atom stereocenters. The van der Waals surface area contributed by atoms with E-state index in [1.54, 1.807) is 6.92 Å². The molecule has 0 spiro atoms. The monoisotopic (exact) mass is 272 g/mol. The summed E-state index contributed by atoms with van der Waals surface area (Å²) in [6.07, 6.45) is 6.82. The van der Waals surface area contributed by atoms with Crippen LogP contribution in [-0.4, -0.2) is 36.4 Å². The first kappa shape index (κ1) is 16.0. The van der Waals surface area contributed by atoms with Crippen molar-refractivity contribution in [1.82, 2.24) is 0 Å². The van der Waals surface area contributed by atoms with Gasteiger partial charge in [0, 0.05) is 6.61 Å². The molecule has 0 radical (unpaired) electrons. The van der Waals surface area contributed by atoms with Gasteiger partial charge in [0.1, 0.15) is 0 Å². The number of esters is 1. The van der Waals surface area contributed by atoms with Crippen LogP contribution in [0.5, 0.6) is 0 Å². The third kappa shape index (κ3) is 6.05. The second-order valence-electron chi connectivity index (χ2n) is 4.99. The zero-order valence-corrected chi connectivity index (χ0v) is 11.6. The van der Waals surface area contributed by atoms with Crippen LogP contribution in [0.3, 0.4) is 0 Å². The van der Waals surface area contributed by atoms with E-state index in [-0.39, 0.29) is 6.61 Å². The highest BCUT2D eigenvalue weighted by atomic mass is 16.6. The number of carboxylic acids is 1. The van der Waals surface area contributed by atoms with Crippen molar-refractivity contribution in [1.29, 1.82) is 0 Å². The van der Waals surface area contributed by atoms with E-state index >= 15 is 0 Å². The molecule has 110 valence electrons. The van der Waals surface area contributed by atoms with Crippen LogP contribution >= 0.6 is 0 Å². The maximum absolute atomic E-state index is 11.4. The van der Waals surface area contributed by atoms with E-state index in [0.717, 1.165) is 18.8 Å². The Labute approximate surface area is 114 Å². The van der Waals surface area contributed by atoms with Gasteiger partial charge in [-0.1, -0.05) is 32.1 Å². The Kier molecular flexibility index (Phi) is 7.48. The summed E-state index contributed by atoms with van der Waals surface area (Å²) in [7, 11) is 0. The standard InChI is InChI=1S/C14H24O5/c1-2-18-14(17)12(13(15)16)19-10-6-9-11-7-4-3-5-8-11/h11-12H,2-10H2,1H3,(H,15,16). The maximum atomic E-state index is 11.4. The molecule has 1 atom stereocenters. The first-order chi connectivity index (χ1) is 9.15. The molecule has 0 aromatic carbocycles. The van der Waals surface area contributed by atoms with Crippen molar-refractivity contribution in [3.05, 3.63) is 0 Å². The highest BCUT2D eigenvalue weighted by Gasteiger charge is 2.28. The van der Waals surface area contributed by atoms with Crippen LogP contribution in [0.1, 0.15) is 51.9 Å². The number of carbonyl (C=O) groups excluding carboxylic acids is 1. The molecule has 1 aliphatic rings. The lowest BCUT2D eigenvalue weighted by atomic mass is 9.86. The molecular formula is C14H24O5. The lowest BCUT2D eigenvalue weighted by Gasteiger charge is -2.21. The second kappa shape index (κ2) is 8.91. The Morgan fingerprint density at radius 2 is 1.95 bits per heavy atom. The molecule has 0 saturated heterocycles. The molecule has 0 aromatic rings. The average Bonchev–Trinajstić information content (AvgIpc) is 2.39. The first-order valence-corrected chi connectivity index (χ1v) is 7.16. The first-order valence-electron chi connectivity index (χ1n) is 7.16. The van der Waals surface area contributed by atoms with E-state index in [2.05, 4.69) is 4.74 Å². The van der Waals surface area contributed by atoms with E-state index in [1.165, 1.54) is 32.1 Å². The molecule has 0 aromatic heterocycles. The van der Waals surface area contributed by atoms with Gasteiger partial charge in [0.15, 0.2) is 0 Å². The predicted octanol–water partition coefficient (Wildman–Crippen LogP) is 2.38. The van der Waals surface area contributed by atoms with Crippen molar-refractivity contribution in [3.8, 4) is 0 Å². The highest BCUT2D eigenvalue weighted by Crippen LogP contribution is 2.27. The third-order valence-electron chi connectivity index (χ3n) is 3.49. The molecule has 1 rings (SSSR count). The molecule has 0 heterocycles. The molecule has 1 saturated carbocycles. The highest BCUT2D eigenvalue weighted by molar-refractivity contribution is 5.97.